The molecular formula is C14H21BrN2. The molecule has 0 spiro atoms. The molecule has 2 nitrogen and oxygen atoms in total. The molecule has 1 aromatic rings. The van der Waals surface area contributed by atoms with Crippen molar-refractivity contribution in [2.45, 2.75) is 38.8 Å². The Morgan fingerprint density at radius 3 is 2.76 bits per heavy atom. The van der Waals surface area contributed by atoms with Gasteiger partial charge in [-0.3, -0.25) is 0 Å². The first-order chi connectivity index (χ1) is 8.13. The Balaban J connectivity index is 2.29. The molecule has 3 heteroatoms. The second kappa shape index (κ2) is 5.40. The predicted molar refractivity (Wildman–Crippen MR) is 77.7 cm³/mol. The summed E-state index contributed by atoms with van der Waals surface area (Å²) in [5.41, 5.74) is 2.75. The number of anilines is 1. The maximum absolute atomic E-state index is 3.57. The molecule has 1 fully saturated rings. The van der Waals surface area contributed by atoms with Crippen LogP contribution in [0.15, 0.2) is 22.7 Å². The first-order valence-electron chi connectivity index (χ1n) is 6.39. The smallest absolute Gasteiger partial charge is 0.0415 e. The van der Waals surface area contributed by atoms with Crippen LogP contribution in [0.4, 0.5) is 5.69 Å². The summed E-state index contributed by atoms with van der Waals surface area (Å²) in [7, 11) is 2.21. The highest BCUT2D eigenvalue weighted by molar-refractivity contribution is 9.10. The molecule has 1 saturated carbocycles. The van der Waals surface area contributed by atoms with Gasteiger partial charge in [-0.2, -0.15) is 0 Å². The van der Waals surface area contributed by atoms with Gasteiger partial charge in [-0.05, 0) is 50.1 Å². The van der Waals surface area contributed by atoms with Gasteiger partial charge in [0.05, 0.1) is 0 Å². The third-order valence-electron chi connectivity index (χ3n) is 3.44. The summed E-state index contributed by atoms with van der Waals surface area (Å²) >= 11 is 3.57. The van der Waals surface area contributed by atoms with E-state index in [-0.39, 0.29) is 0 Å². The van der Waals surface area contributed by atoms with Crippen LogP contribution in [-0.2, 0) is 0 Å². The van der Waals surface area contributed by atoms with Gasteiger partial charge in [0.15, 0.2) is 0 Å². The second-order valence-electron chi connectivity index (χ2n) is 4.82. The van der Waals surface area contributed by atoms with Crippen molar-refractivity contribution in [1.29, 1.82) is 0 Å². The van der Waals surface area contributed by atoms with Gasteiger partial charge < -0.3 is 10.2 Å². The third-order valence-corrected chi connectivity index (χ3v) is 3.93. The summed E-state index contributed by atoms with van der Waals surface area (Å²) < 4.78 is 1.16. The molecular weight excluding hydrogens is 276 g/mol. The lowest BCUT2D eigenvalue weighted by Gasteiger charge is -2.25. The number of rotatable bonds is 5. The summed E-state index contributed by atoms with van der Waals surface area (Å²) in [5.74, 6) is 0. The molecule has 94 valence electrons. The summed E-state index contributed by atoms with van der Waals surface area (Å²) in [6.45, 7) is 5.38. The van der Waals surface area contributed by atoms with E-state index >= 15 is 0 Å². The van der Waals surface area contributed by atoms with E-state index in [0.29, 0.717) is 6.04 Å². The Hall–Kier alpha value is -0.540. The molecule has 0 aromatic heterocycles. The molecule has 17 heavy (non-hydrogen) atoms. The van der Waals surface area contributed by atoms with E-state index in [2.05, 4.69) is 65.2 Å². The second-order valence-corrected chi connectivity index (χ2v) is 5.74. The minimum Gasteiger partial charge on any atom is -0.371 e. The zero-order valence-electron chi connectivity index (χ0n) is 10.8. The lowest BCUT2D eigenvalue weighted by molar-refractivity contribution is 0.596. The summed E-state index contributed by atoms with van der Waals surface area (Å²) in [4.78, 5) is 2.43. The number of nitrogens with one attached hydrogen (secondary N) is 1. The molecule has 0 saturated heterocycles. The van der Waals surface area contributed by atoms with E-state index in [1.807, 2.05) is 0 Å². The minimum atomic E-state index is 0.397. The fourth-order valence-electron chi connectivity index (χ4n) is 2.27. The molecule has 0 amide bonds. The lowest BCUT2D eigenvalue weighted by atomic mass is 10.1. The molecule has 0 radical (unpaired) electrons. The molecule has 2 rings (SSSR count). The van der Waals surface area contributed by atoms with Crippen molar-refractivity contribution in [3.8, 4) is 0 Å². The van der Waals surface area contributed by atoms with Crippen LogP contribution in [0, 0.1) is 0 Å². The normalized spacial score (nSPS) is 16.9. The van der Waals surface area contributed by atoms with Crippen LogP contribution in [-0.4, -0.2) is 19.6 Å². The quantitative estimate of drug-likeness (QED) is 0.891. The summed E-state index contributed by atoms with van der Waals surface area (Å²) in [5, 5.41) is 3.50. The zero-order chi connectivity index (χ0) is 12.4. The van der Waals surface area contributed by atoms with E-state index < -0.39 is 0 Å². The Morgan fingerprint density at radius 2 is 2.18 bits per heavy atom. The molecule has 1 aliphatic carbocycles. The van der Waals surface area contributed by atoms with Crippen LogP contribution in [0.1, 0.15) is 38.3 Å². The van der Waals surface area contributed by atoms with E-state index in [0.717, 1.165) is 17.1 Å². The Labute approximate surface area is 113 Å². The van der Waals surface area contributed by atoms with E-state index in [1.165, 1.54) is 24.1 Å². The average Bonchev–Trinajstić information content (AvgIpc) is 3.12. The number of hydrogen-bond donors (Lipinski definition) is 1. The van der Waals surface area contributed by atoms with Gasteiger partial charge in [-0.25, -0.2) is 0 Å². The van der Waals surface area contributed by atoms with Gasteiger partial charge in [-0.15, -0.1) is 0 Å². The van der Waals surface area contributed by atoms with E-state index in [9.17, 15) is 0 Å². The monoisotopic (exact) mass is 296 g/mol. The van der Waals surface area contributed by atoms with Crippen LogP contribution >= 0.6 is 15.9 Å². The van der Waals surface area contributed by atoms with Crippen molar-refractivity contribution in [1.82, 2.24) is 5.32 Å². The van der Waals surface area contributed by atoms with Gasteiger partial charge in [0.1, 0.15) is 0 Å². The van der Waals surface area contributed by atoms with Crippen LogP contribution in [0.3, 0.4) is 0 Å². The lowest BCUT2D eigenvalue weighted by Crippen LogP contribution is -2.25. The Morgan fingerprint density at radius 1 is 1.47 bits per heavy atom. The SMILES string of the molecule is CCNC(C)c1cc(Br)ccc1N(C)C1CC1. The number of nitrogens with zero attached hydrogens (tertiary/aromatic N) is 1. The van der Waals surface area contributed by atoms with E-state index in [4.69, 9.17) is 0 Å². The molecule has 1 aromatic carbocycles. The minimum absolute atomic E-state index is 0.397. The van der Waals surface area contributed by atoms with Crippen LogP contribution in [0.2, 0.25) is 0 Å². The zero-order valence-corrected chi connectivity index (χ0v) is 12.4. The van der Waals surface area contributed by atoms with Gasteiger partial charge in [0, 0.05) is 29.3 Å². The molecule has 1 aliphatic rings. The van der Waals surface area contributed by atoms with Gasteiger partial charge in [0.25, 0.3) is 0 Å². The van der Waals surface area contributed by atoms with Gasteiger partial charge >= 0.3 is 0 Å². The van der Waals surface area contributed by atoms with Gasteiger partial charge in [0.2, 0.25) is 0 Å². The number of benzene rings is 1. The fraction of sp³-hybridized carbons (Fsp3) is 0.571. The van der Waals surface area contributed by atoms with Crippen molar-refractivity contribution < 1.29 is 0 Å². The highest BCUT2D eigenvalue weighted by Crippen LogP contribution is 2.35. The molecule has 0 aliphatic heterocycles. The molecule has 0 bridgehead atoms. The third kappa shape index (κ3) is 3.02. The number of hydrogen-bond acceptors (Lipinski definition) is 2. The fourth-order valence-corrected chi connectivity index (χ4v) is 2.65. The number of halogens is 1. The topological polar surface area (TPSA) is 15.3 Å². The van der Waals surface area contributed by atoms with Crippen LogP contribution in [0.25, 0.3) is 0 Å². The molecule has 1 atom stereocenters. The highest BCUT2D eigenvalue weighted by atomic mass is 79.9. The maximum Gasteiger partial charge on any atom is 0.0415 e. The molecule has 1 unspecified atom stereocenters. The first-order valence-corrected chi connectivity index (χ1v) is 7.18. The van der Waals surface area contributed by atoms with Crippen molar-refractivity contribution in [2.75, 3.05) is 18.5 Å². The van der Waals surface area contributed by atoms with Crippen molar-refractivity contribution >= 4 is 21.6 Å². The van der Waals surface area contributed by atoms with Crippen LogP contribution < -0.4 is 10.2 Å². The largest absolute Gasteiger partial charge is 0.371 e. The van der Waals surface area contributed by atoms with Crippen LogP contribution in [0.5, 0.6) is 0 Å². The Kier molecular flexibility index (Phi) is 4.10. The predicted octanol–water partition coefficient (Wildman–Crippen LogP) is 3.72. The van der Waals surface area contributed by atoms with Crippen molar-refractivity contribution in [3.05, 3.63) is 28.2 Å². The van der Waals surface area contributed by atoms with Gasteiger partial charge in [-0.1, -0.05) is 22.9 Å². The molecule has 0 heterocycles. The Bertz CT molecular complexity index is 388. The van der Waals surface area contributed by atoms with Crippen molar-refractivity contribution in [3.63, 3.8) is 0 Å². The first kappa shape index (κ1) is 12.9. The molecule has 1 N–H and O–H groups in total. The standard InChI is InChI=1S/C14H21BrN2/c1-4-16-10(2)13-9-11(15)5-8-14(13)17(3)12-6-7-12/h5,8-10,12,16H,4,6-7H2,1-3H3. The van der Waals surface area contributed by atoms with E-state index in [1.54, 1.807) is 0 Å². The highest BCUT2D eigenvalue weighted by Gasteiger charge is 2.28. The summed E-state index contributed by atoms with van der Waals surface area (Å²) in [6.07, 6.45) is 2.67. The maximum atomic E-state index is 3.57. The van der Waals surface area contributed by atoms with Crippen molar-refractivity contribution in [2.24, 2.45) is 0 Å². The average molecular weight is 297 g/mol. The summed E-state index contributed by atoms with van der Waals surface area (Å²) in [6, 6.07) is 7.75.